The van der Waals surface area contributed by atoms with Gasteiger partial charge in [0.25, 0.3) is 0 Å². The predicted octanol–water partition coefficient (Wildman–Crippen LogP) is 15.5. The number of allylic oxidation sites excluding steroid dienone is 8. The second-order valence-electron chi connectivity index (χ2n) is 17.8. The summed E-state index contributed by atoms with van der Waals surface area (Å²) in [6.45, 7) is 22.9. The van der Waals surface area contributed by atoms with Gasteiger partial charge in [-0.2, -0.15) is 17.2 Å². The Balaban J connectivity index is 0.000000207. The third kappa shape index (κ3) is 11.2. The van der Waals surface area contributed by atoms with Crippen molar-refractivity contribution in [3.05, 3.63) is 170 Å². The second-order valence-corrected chi connectivity index (χ2v) is 20.9. The zero-order valence-corrected chi connectivity index (χ0v) is 40.8. The molecule has 0 radical (unpaired) electrons. The van der Waals surface area contributed by atoms with Crippen molar-refractivity contribution in [3.63, 3.8) is 0 Å². The Bertz CT molecular complexity index is 2130. The molecule has 0 spiro atoms. The normalized spacial score (nSPS) is 17.2. The SMILES string of the molecule is CC1=C[CH-]C(C)(C)c2cc3c(cc21)-c1cc2c(cc1C3)C(C)(C)CC=C2C.CCC1[C-]=CC(C(C)(C)C)=C1.Cl.Cl.Clc1ccc([CH]=[Zr]=[CH]c2ccc(Cl)cc2)cc1. The number of hydrogen-bond acceptors (Lipinski definition) is 0. The maximum atomic E-state index is 5.84. The number of fused-ring (bicyclic) bond motifs is 5. The standard InChI is InChI=1S/C27H29.C11H17.2C7H5Cl.2ClH.Zr/c1-16-7-9-26(3,4)24-12-18-11-19-13-25-21(17(2)8-10-27(25,5)6)15-23(19)22(18)14-20(16)24;1-5-9-6-7-10(8-9)11(2,3)4;2*1-6-2-4-7(8)5-3-6;;;/h7-9,12-15H,10-11H2,1-6H3;7-9H,5H2,1-4H3;2*1-5H;2*1H;/q2*-1;;;;;. The third-order valence-electron chi connectivity index (χ3n) is 11.5. The summed E-state index contributed by atoms with van der Waals surface area (Å²) in [5, 5.41) is 1.57. The molecule has 0 saturated heterocycles. The molecule has 4 aliphatic rings. The van der Waals surface area contributed by atoms with Crippen LogP contribution in [0.5, 0.6) is 0 Å². The molecule has 0 heterocycles. The fraction of sp³-hybridized carbons (Fsp3) is 0.327. The summed E-state index contributed by atoms with van der Waals surface area (Å²) < 4.78 is 4.66. The molecule has 0 saturated carbocycles. The van der Waals surface area contributed by atoms with E-state index < -0.39 is 22.3 Å². The van der Waals surface area contributed by atoms with Gasteiger partial charge in [-0.25, -0.2) is 18.6 Å². The zero-order valence-electron chi connectivity index (χ0n) is 35.2. The molecule has 300 valence electrons. The Hall–Kier alpha value is -2.51. The summed E-state index contributed by atoms with van der Waals surface area (Å²) in [7, 11) is 0. The molecule has 57 heavy (non-hydrogen) atoms. The molecule has 0 fully saturated rings. The molecule has 0 nitrogen and oxygen atoms in total. The van der Waals surface area contributed by atoms with Gasteiger partial charge in [0.2, 0.25) is 0 Å². The molecule has 4 aromatic rings. The van der Waals surface area contributed by atoms with Crippen LogP contribution in [0.25, 0.3) is 22.3 Å². The van der Waals surface area contributed by atoms with Crippen LogP contribution in [0.4, 0.5) is 0 Å². The maximum absolute atomic E-state index is 5.84. The van der Waals surface area contributed by atoms with Gasteiger partial charge in [-0.15, -0.1) is 37.3 Å². The van der Waals surface area contributed by atoms with Crippen molar-refractivity contribution in [1.82, 2.24) is 0 Å². The van der Waals surface area contributed by atoms with Gasteiger partial charge in [0.1, 0.15) is 0 Å². The second kappa shape index (κ2) is 19.3. The van der Waals surface area contributed by atoms with E-state index in [4.69, 9.17) is 23.2 Å². The van der Waals surface area contributed by atoms with Gasteiger partial charge in [0.05, 0.1) is 0 Å². The summed E-state index contributed by atoms with van der Waals surface area (Å²) in [5.74, 6) is 0.573. The van der Waals surface area contributed by atoms with Gasteiger partial charge in [-0.3, -0.25) is 6.08 Å². The van der Waals surface area contributed by atoms with Crippen LogP contribution in [-0.4, -0.2) is 7.42 Å². The summed E-state index contributed by atoms with van der Waals surface area (Å²) in [6.07, 6.45) is 18.3. The van der Waals surface area contributed by atoms with Gasteiger partial charge in [0, 0.05) is 0 Å². The average molecular weight is 916 g/mol. The first-order valence-electron chi connectivity index (χ1n) is 19.8. The first kappa shape index (κ1) is 47.2. The molecule has 8 rings (SSSR count). The summed E-state index contributed by atoms with van der Waals surface area (Å²) in [5.41, 5.74) is 19.2. The van der Waals surface area contributed by atoms with Crippen LogP contribution in [0.1, 0.15) is 127 Å². The van der Waals surface area contributed by atoms with Gasteiger partial charge in [0.15, 0.2) is 0 Å². The van der Waals surface area contributed by atoms with Crippen molar-refractivity contribution < 1.29 is 22.3 Å². The van der Waals surface area contributed by atoms with Crippen molar-refractivity contribution in [2.45, 2.75) is 99.3 Å². The third-order valence-corrected chi connectivity index (χ3v) is 14.4. The van der Waals surface area contributed by atoms with E-state index in [-0.39, 0.29) is 35.6 Å². The summed E-state index contributed by atoms with van der Waals surface area (Å²) in [4.78, 5) is 0. The Morgan fingerprint density at radius 2 is 1.26 bits per heavy atom. The number of hydrogen-bond donors (Lipinski definition) is 0. The molecule has 0 bridgehead atoms. The van der Waals surface area contributed by atoms with Crippen LogP contribution < -0.4 is 0 Å². The number of benzene rings is 4. The minimum absolute atomic E-state index is 0. The van der Waals surface area contributed by atoms with Gasteiger partial charge in [-0.1, -0.05) is 108 Å². The fourth-order valence-corrected chi connectivity index (χ4v) is 10.1. The molecule has 0 aromatic heterocycles. The van der Waals surface area contributed by atoms with Crippen molar-refractivity contribution in [2.24, 2.45) is 11.3 Å². The zero-order chi connectivity index (χ0) is 39.7. The Kier molecular flexibility index (Phi) is 15.9. The van der Waals surface area contributed by atoms with Crippen LogP contribution in [0.2, 0.25) is 10.0 Å². The quantitative estimate of drug-likeness (QED) is 0.158. The first-order chi connectivity index (χ1) is 25.9. The Morgan fingerprint density at radius 3 is 1.74 bits per heavy atom. The molecule has 4 aliphatic carbocycles. The Morgan fingerprint density at radius 1 is 0.754 bits per heavy atom. The van der Waals surface area contributed by atoms with Gasteiger partial charge in [-0.05, 0) is 70.2 Å². The van der Waals surface area contributed by atoms with Crippen LogP contribution in [-0.2, 0) is 39.5 Å². The van der Waals surface area contributed by atoms with Gasteiger partial charge >= 0.3 is 123 Å². The molecule has 5 heteroatoms. The van der Waals surface area contributed by atoms with E-state index in [1.54, 1.807) is 0 Å². The van der Waals surface area contributed by atoms with Crippen molar-refractivity contribution >= 4 is 66.6 Å². The average Bonchev–Trinajstić information content (AvgIpc) is 3.78. The van der Waals surface area contributed by atoms with E-state index in [1.165, 1.54) is 78.8 Å². The fourth-order valence-electron chi connectivity index (χ4n) is 7.74. The van der Waals surface area contributed by atoms with Crippen molar-refractivity contribution in [1.29, 1.82) is 0 Å². The topological polar surface area (TPSA) is 0 Å². The number of rotatable bonds is 3. The van der Waals surface area contributed by atoms with Crippen molar-refractivity contribution in [3.8, 4) is 11.1 Å². The van der Waals surface area contributed by atoms with E-state index in [0.29, 0.717) is 11.3 Å². The van der Waals surface area contributed by atoms with Crippen LogP contribution in [0, 0.1) is 23.8 Å². The number of halogens is 4. The van der Waals surface area contributed by atoms with Crippen molar-refractivity contribution in [2.75, 3.05) is 0 Å². The van der Waals surface area contributed by atoms with E-state index in [0.717, 1.165) is 22.9 Å². The monoisotopic (exact) mass is 912 g/mol. The first-order valence-corrected chi connectivity index (χ1v) is 23.4. The summed E-state index contributed by atoms with van der Waals surface area (Å²) >= 11 is 11.0. The van der Waals surface area contributed by atoms with Gasteiger partial charge < -0.3 is 0 Å². The molecule has 4 aromatic carbocycles. The molecule has 1 unspecified atom stereocenters. The predicted molar refractivity (Wildman–Crippen MR) is 254 cm³/mol. The molecule has 0 N–H and O–H groups in total. The van der Waals surface area contributed by atoms with E-state index in [2.05, 4.69) is 162 Å². The van der Waals surface area contributed by atoms with Crippen LogP contribution in [0.15, 0.2) is 103 Å². The van der Waals surface area contributed by atoms with E-state index in [1.807, 2.05) is 24.3 Å². The molecular formula is C52H58Cl4Zr-2. The van der Waals surface area contributed by atoms with E-state index in [9.17, 15) is 0 Å². The van der Waals surface area contributed by atoms with Crippen LogP contribution in [0.3, 0.4) is 0 Å². The minimum atomic E-state index is -0.623. The summed E-state index contributed by atoms with van der Waals surface area (Å²) in [6, 6.07) is 25.9. The van der Waals surface area contributed by atoms with Crippen LogP contribution >= 0.6 is 48.0 Å². The molecule has 0 aliphatic heterocycles. The molecule has 0 amide bonds. The van der Waals surface area contributed by atoms with E-state index >= 15 is 0 Å². The molecular weight excluding hydrogens is 858 g/mol. The molecule has 1 atom stereocenters. The Labute approximate surface area is 377 Å².